The van der Waals surface area contributed by atoms with E-state index in [9.17, 15) is 4.79 Å². The van der Waals surface area contributed by atoms with Gasteiger partial charge < -0.3 is 14.8 Å². The Bertz CT molecular complexity index is 1010. The summed E-state index contributed by atoms with van der Waals surface area (Å²) in [5.41, 5.74) is 6.24. The molecule has 0 amide bonds. The van der Waals surface area contributed by atoms with Gasteiger partial charge in [0.25, 0.3) is 0 Å². The molecule has 1 N–H and O–H groups in total. The maximum atomic E-state index is 10.8. The van der Waals surface area contributed by atoms with E-state index in [1.54, 1.807) is 0 Å². The van der Waals surface area contributed by atoms with Crippen molar-refractivity contribution in [3.8, 4) is 11.1 Å². The largest absolute Gasteiger partial charge is 0.481 e. The van der Waals surface area contributed by atoms with E-state index in [2.05, 4.69) is 48.5 Å². The number of rotatable bonds is 10. The van der Waals surface area contributed by atoms with Crippen LogP contribution in [0, 0.1) is 0 Å². The van der Waals surface area contributed by atoms with Crippen LogP contribution in [0.2, 0.25) is 0 Å². The third-order valence-corrected chi connectivity index (χ3v) is 5.08. The van der Waals surface area contributed by atoms with E-state index in [4.69, 9.17) is 9.94 Å². The van der Waals surface area contributed by atoms with Crippen LogP contribution in [0.3, 0.4) is 0 Å². The molecule has 0 aliphatic carbocycles. The van der Waals surface area contributed by atoms with E-state index in [1.807, 2.05) is 54.4 Å². The Balaban J connectivity index is 1.63. The van der Waals surface area contributed by atoms with Crippen LogP contribution in [-0.2, 0) is 16.2 Å². The zero-order valence-corrected chi connectivity index (χ0v) is 18.0. The number of aliphatic carboxylic acids is 1. The van der Waals surface area contributed by atoms with Gasteiger partial charge in [-0.25, -0.2) is 0 Å². The average Bonchev–Trinajstić information content (AvgIpc) is 2.81. The Morgan fingerprint density at radius 3 is 2.35 bits per heavy atom. The Labute approximate surface area is 183 Å². The summed E-state index contributed by atoms with van der Waals surface area (Å²) in [5, 5.41) is 13.2. The topological polar surface area (TPSA) is 62.1 Å². The van der Waals surface area contributed by atoms with Crippen LogP contribution < -0.4 is 4.90 Å². The van der Waals surface area contributed by atoms with Gasteiger partial charge >= 0.3 is 5.97 Å². The zero-order valence-electron chi connectivity index (χ0n) is 18.0. The highest BCUT2D eigenvalue weighted by Crippen LogP contribution is 2.20. The third kappa shape index (κ3) is 6.44. The van der Waals surface area contributed by atoms with Gasteiger partial charge in [0.15, 0.2) is 0 Å². The molecule has 0 radical (unpaired) electrons. The van der Waals surface area contributed by atoms with Gasteiger partial charge in [0.2, 0.25) is 0 Å². The van der Waals surface area contributed by atoms with Gasteiger partial charge in [-0.2, -0.15) is 0 Å². The number of carboxylic acids is 1. The minimum Gasteiger partial charge on any atom is -0.481 e. The van der Waals surface area contributed by atoms with E-state index in [0.29, 0.717) is 13.2 Å². The number of anilines is 1. The highest BCUT2D eigenvalue weighted by molar-refractivity contribution is 6.00. The van der Waals surface area contributed by atoms with E-state index >= 15 is 0 Å². The number of oxime groups is 1. The molecule has 160 valence electrons. The van der Waals surface area contributed by atoms with Gasteiger partial charge in [0.05, 0.1) is 12.1 Å². The van der Waals surface area contributed by atoms with E-state index in [0.717, 1.165) is 28.9 Å². The molecule has 3 rings (SSSR count). The first-order chi connectivity index (χ1) is 15.1. The summed E-state index contributed by atoms with van der Waals surface area (Å²) in [5.74, 6) is -0.801. The molecule has 5 nitrogen and oxygen atoms in total. The number of carbonyl (C=O) groups is 1. The van der Waals surface area contributed by atoms with Crippen molar-refractivity contribution in [3.63, 3.8) is 0 Å². The molecule has 0 aliphatic rings. The molecule has 0 aromatic heterocycles. The van der Waals surface area contributed by atoms with Gasteiger partial charge in [0, 0.05) is 19.3 Å². The quantitative estimate of drug-likeness (QED) is 0.345. The maximum Gasteiger partial charge on any atom is 0.305 e. The Hall–Kier alpha value is -3.60. The van der Waals surface area contributed by atoms with Crippen LogP contribution in [0.5, 0.6) is 0 Å². The Morgan fingerprint density at radius 2 is 1.68 bits per heavy atom. The van der Waals surface area contributed by atoms with Gasteiger partial charge in [-0.3, -0.25) is 4.79 Å². The third-order valence-electron chi connectivity index (χ3n) is 5.08. The molecule has 0 saturated heterocycles. The van der Waals surface area contributed by atoms with Crippen molar-refractivity contribution in [2.45, 2.75) is 26.4 Å². The van der Waals surface area contributed by atoms with Gasteiger partial charge in [-0.15, -0.1) is 0 Å². The molecule has 0 atom stereocenters. The lowest BCUT2D eigenvalue weighted by molar-refractivity contribution is -0.136. The molecule has 0 bridgehead atoms. The minimum absolute atomic E-state index is 0.102. The fourth-order valence-electron chi connectivity index (χ4n) is 3.27. The van der Waals surface area contributed by atoms with Crippen LogP contribution in [0.15, 0.2) is 84.0 Å². The van der Waals surface area contributed by atoms with Crippen molar-refractivity contribution in [1.82, 2.24) is 0 Å². The Kier molecular flexibility index (Phi) is 7.82. The number of hydrogen-bond donors (Lipinski definition) is 1. The SMILES string of the molecule is CC/C(=N\OCc1cccc(N(C)CCC(=O)O)c1)c1ccc(-c2ccccc2)cc1. The first kappa shape index (κ1) is 22.1. The second kappa shape index (κ2) is 11.0. The normalized spacial score (nSPS) is 11.2. The minimum atomic E-state index is -0.801. The molecule has 5 heteroatoms. The molecule has 3 aromatic carbocycles. The Morgan fingerprint density at radius 1 is 0.968 bits per heavy atom. The van der Waals surface area contributed by atoms with Crippen LogP contribution in [-0.4, -0.2) is 30.4 Å². The van der Waals surface area contributed by atoms with Crippen LogP contribution >= 0.6 is 0 Å². The zero-order chi connectivity index (χ0) is 22.1. The lowest BCUT2D eigenvalue weighted by Crippen LogP contribution is -2.21. The number of carboxylic acid groups (broad SMARTS) is 1. The van der Waals surface area contributed by atoms with Crippen molar-refractivity contribution in [3.05, 3.63) is 90.0 Å². The summed E-state index contributed by atoms with van der Waals surface area (Å²) in [6.07, 6.45) is 0.868. The molecule has 0 spiro atoms. The number of benzene rings is 3. The smallest absolute Gasteiger partial charge is 0.305 e. The molecule has 0 unspecified atom stereocenters. The fraction of sp³-hybridized carbons (Fsp3) is 0.231. The van der Waals surface area contributed by atoms with Crippen molar-refractivity contribution in [2.24, 2.45) is 5.16 Å². The van der Waals surface area contributed by atoms with Gasteiger partial charge in [0.1, 0.15) is 6.61 Å². The van der Waals surface area contributed by atoms with E-state index in [-0.39, 0.29) is 6.42 Å². The highest BCUT2D eigenvalue weighted by atomic mass is 16.6. The lowest BCUT2D eigenvalue weighted by Gasteiger charge is -2.18. The predicted molar refractivity (Wildman–Crippen MR) is 125 cm³/mol. The maximum absolute atomic E-state index is 10.8. The fourth-order valence-corrected chi connectivity index (χ4v) is 3.27. The van der Waals surface area contributed by atoms with E-state index in [1.165, 1.54) is 11.1 Å². The first-order valence-corrected chi connectivity index (χ1v) is 10.4. The second-order valence-corrected chi connectivity index (χ2v) is 7.34. The van der Waals surface area contributed by atoms with Gasteiger partial charge in [-0.05, 0) is 40.8 Å². The van der Waals surface area contributed by atoms with Crippen molar-refractivity contribution in [1.29, 1.82) is 0 Å². The highest BCUT2D eigenvalue weighted by Gasteiger charge is 2.06. The summed E-state index contributed by atoms with van der Waals surface area (Å²) in [4.78, 5) is 18.4. The average molecular weight is 417 g/mol. The van der Waals surface area contributed by atoms with Gasteiger partial charge in [-0.1, -0.05) is 78.8 Å². The van der Waals surface area contributed by atoms with Crippen LogP contribution in [0.25, 0.3) is 11.1 Å². The van der Waals surface area contributed by atoms with Crippen LogP contribution in [0.4, 0.5) is 5.69 Å². The number of nitrogens with zero attached hydrogens (tertiary/aromatic N) is 2. The summed E-state index contributed by atoms with van der Waals surface area (Å²) in [6, 6.07) is 26.5. The van der Waals surface area contributed by atoms with Crippen molar-refractivity contribution >= 4 is 17.4 Å². The molecule has 0 heterocycles. The standard InChI is InChI=1S/C26H28N2O3/c1-3-25(23-14-12-22(13-15-23)21-9-5-4-6-10-21)27-31-19-20-8-7-11-24(18-20)28(2)17-16-26(29)30/h4-15,18H,3,16-17,19H2,1-2H3,(H,29,30)/b27-25+. The predicted octanol–water partition coefficient (Wildman–Crippen LogP) is 5.60. The number of hydrogen-bond acceptors (Lipinski definition) is 4. The lowest BCUT2D eigenvalue weighted by atomic mass is 10.0. The van der Waals surface area contributed by atoms with Crippen molar-refractivity contribution in [2.75, 3.05) is 18.5 Å². The molecule has 0 saturated carbocycles. The molecule has 0 fully saturated rings. The summed E-state index contributed by atoms with van der Waals surface area (Å²) < 4.78 is 0. The van der Waals surface area contributed by atoms with E-state index < -0.39 is 5.97 Å². The summed E-state index contributed by atoms with van der Waals surface area (Å²) in [7, 11) is 1.88. The molecule has 31 heavy (non-hydrogen) atoms. The second-order valence-electron chi connectivity index (χ2n) is 7.34. The summed E-state index contributed by atoms with van der Waals surface area (Å²) >= 11 is 0. The molecular formula is C26H28N2O3. The molecule has 0 aliphatic heterocycles. The monoisotopic (exact) mass is 416 g/mol. The molecule has 3 aromatic rings. The van der Waals surface area contributed by atoms with Crippen LogP contribution in [0.1, 0.15) is 30.9 Å². The molecular weight excluding hydrogens is 388 g/mol. The summed E-state index contributed by atoms with van der Waals surface area (Å²) in [6.45, 7) is 2.87. The van der Waals surface area contributed by atoms with Crippen molar-refractivity contribution < 1.29 is 14.7 Å². The first-order valence-electron chi connectivity index (χ1n) is 10.4.